The molecule has 0 saturated heterocycles. The van der Waals surface area contributed by atoms with Gasteiger partial charge in [0.05, 0.1) is 22.4 Å². The first-order valence-electron chi connectivity index (χ1n) is 6.67. The molecule has 21 heavy (non-hydrogen) atoms. The predicted octanol–water partition coefficient (Wildman–Crippen LogP) is 1.77. The molecule has 1 unspecified atom stereocenters. The van der Waals surface area contributed by atoms with Crippen molar-refractivity contribution in [3.8, 4) is 0 Å². The van der Waals surface area contributed by atoms with Gasteiger partial charge in [-0.25, -0.2) is 8.42 Å². The van der Waals surface area contributed by atoms with Crippen molar-refractivity contribution in [1.29, 1.82) is 0 Å². The summed E-state index contributed by atoms with van der Waals surface area (Å²) >= 11 is 0.975. The molecule has 1 aromatic carbocycles. The zero-order valence-electron chi connectivity index (χ0n) is 11.9. The van der Waals surface area contributed by atoms with Gasteiger partial charge in [0.1, 0.15) is 11.0 Å². The molecule has 0 aliphatic heterocycles. The fourth-order valence-electron chi connectivity index (χ4n) is 1.82. The Labute approximate surface area is 127 Å². The summed E-state index contributed by atoms with van der Waals surface area (Å²) in [6, 6.07) is 4.90. The molecular formula is C13H17N3O3S2. The van der Waals surface area contributed by atoms with Crippen LogP contribution >= 0.6 is 11.7 Å². The molecule has 2 rings (SSSR count). The van der Waals surface area contributed by atoms with Crippen molar-refractivity contribution in [3.63, 3.8) is 0 Å². The maximum atomic E-state index is 12.4. The second-order valence-electron chi connectivity index (χ2n) is 4.83. The molecule has 1 N–H and O–H groups in total. The predicted molar refractivity (Wildman–Crippen MR) is 82.0 cm³/mol. The van der Waals surface area contributed by atoms with E-state index < -0.39 is 9.84 Å². The van der Waals surface area contributed by atoms with Crippen LogP contribution in [0.2, 0.25) is 0 Å². The highest BCUT2D eigenvalue weighted by Gasteiger charge is 2.21. The highest BCUT2D eigenvalue weighted by Crippen LogP contribution is 2.22. The Bertz CT molecular complexity index is 740. The average molecular weight is 327 g/mol. The fourth-order valence-corrected chi connectivity index (χ4v) is 3.83. The summed E-state index contributed by atoms with van der Waals surface area (Å²) in [5, 5.41) is 2.76. The zero-order chi connectivity index (χ0) is 15.5. The van der Waals surface area contributed by atoms with Crippen molar-refractivity contribution < 1.29 is 13.2 Å². The van der Waals surface area contributed by atoms with Crippen LogP contribution in [0.25, 0.3) is 11.0 Å². The highest BCUT2D eigenvalue weighted by atomic mass is 32.2. The number of benzene rings is 1. The van der Waals surface area contributed by atoms with Crippen LogP contribution in [0.1, 0.15) is 26.7 Å². The SMILES string of the molecule is CCC(C)NC(=O)CCS(=O)(=O)c1cccc2nsnc12. The van der Waals surface area contributed by atoms with Gasteiger partial charge in [-0.2, -0.15) is 8.75 Å². The first-order chi connectivity index (χ1) is 9.94. The van der Waals surface area contributed by atoms with Gasteiger partial charge in [-0.1, -0.05) is 13.0 Å². The van der Waals surface area contributed by atoms with Gasteiger partial charge in [0.2, 0.25) is 5.91 Å². The van der Waals surface area contributed by atoms with Crippen molar-refractivity contribution >= 4 is 38.5 Å². The normalized spacial score (nSPS) is 13.2. The van der Waals surface area contributed by atoms with E-state index >= 15 is 0 Å². The number of carbonyl (C=O) groups excluding carboxylic acids is 1. The third-order valence-electron chi connectivity index (χ3n) is 3.20. The van der Waals surface area contributed by atoms with Crippen molar-refractivity contribution in [2.24, 2.45) is 0 Å². The molecule has 0 aliphatic rings. The molecule has 1 heterocycles. The van der Waals surface area contributed by atoms with Gasteiger partial charge in [-0.05, 0) is 25.5 Å². The molecule has 0 aliphatic carbocycles. The summed E-state index contributed by atoms with van der Waals surface area (Å²) < 4.78 is 32.8. The van der Waals surface area contributed by atoms with Crippen LogP contribution < -0.4 is 5.32 Å². The van der Waals surface area contributed by atoms with Crippen LogP contribution in [-0.2, 0) is 14.6 Å². The van der Waals surface area contributed by atoms with E-state index in [1.165, 1.54) is 6.07 Å². The number of carbonyl (C=O) groups is 1. The van der Waals surface area contributed by atoms with E-state index in [1.807, 2.05) is 13.8 Å². The van der Waals surface area contributed by atoms with Crippen molar-refractivity contribution in [2.45, 2.75) is 37.6 Å². The summed E-state index contributed by atoms with van der Waals surface area (Å²) in [4.78, 5) is 11.8. The van der Waals surface area contributed by atoms with Crippen LogP contribution in [0.3, 0.4) is 0 Å². The Morgan fingerprint density at radius 1 is 1.38 bits per heavy atom. The van der Waals surface area contributed by atoms with E-state index in [9.17, 15) is 13.2 Å². The van der Waals surface area contributed by atoms with Gasteiger partial charge in [0, 0.05) is 12.5 Å². The molecule has 8 heteroatoms. The summed E-state index contributed by atoms with van der Waals surface area (Å²) in [5.41, 5.74) is 0.940. The van der Waals surface area contributed by atoms with Crippen molar-refractivity contribution in [2.75, 3.05) is 5.75 Å². The van der Waals surface area contributed by atoms with E-state index in [0.717, 1.165) is 18.1 Å². The lowest BCUT2D eigenvalue weighted by Gasteiger charge is -2.11. The number of aromatic nitrogens is 2. The van der Waals surface area contributed by atoms with E-state index in [4.69, 9.17) is 0 Å². The lowest BCUT2D eigenvalue weighted by Crippen LogP contribution is -2.33. The van der Waals surface area contributed by atoms with E-state index in [-0.39, 0.29) is 29.0 Å². The lowest BCUT2D eigenvalue weighted by atomic mass is 10.2. The highest BCUT2D eigenvalue weighted by molar-refractivity contribution is 7.91. The van der Waals surface area contributed by atoms with Crippen LogP contribution in [-0.4, -0.2) is 34.9 Å². The Morgan fingerprint density at radius 3 is 2.86 bits per heavy atom. The second-order valence-corrected chi connectivity index (χ2v) is 7.44. The molecule has 1 atom stereocenters. The minimum absolute atomic E-state index is 0.0476. The first-order valence-corrected chi connectivity index (χ1v) is 9.05. The molecule has 1 aromatic heterocycles. The molecule has 0 saturated carbocycles. The van der Waals surface area contributed by atoms with Gasteiger partial charge >= 0.3 is 0 Å². The minimum Gasteiger partial charge on any atom is -0.354 e. The number of amides is 1. The second kappa shape index (κ2) is 6.48. The fraction of sp³-hybridized carbons (Fsp3) is 0.462. The van der Waals surface area contributed by atoms with Crippen LogP contribution in [0.15, 0.2) is 23.1 Å². The molecule has 1 amide bonds. The van der Waals surface area contributed by atoms with E-state index in [1.54, 1.807) is 12.1 Å². The molecule has 2 aromatic rings. The number of nitrogens with zero attached hydrogens (tertiary/aromatic N) is 2. The molecular weight excluding hydrogens is 310 g/mol. The average Bonchev–Trinajstić information content (AvgIpc) is 2.93. The van der Waals surface area contributed by atoms with E-state index in [2.05, 4.69) is 14.1 Å². The van der Waals surface area contributed by atoms with Crippen molar-refractivity contribution in [1.82, 2.24) is 14.1 Å². The number of sulfone groups is 1. The number of hydrogen-bond donors (Lipinski definition) is 1. The van der Waals surface area contributed by atoms with Gasteiger partial charge in [-0.15, -0.1) is 0 Å². The maximum Gasteiger partial charge on any atom is 0.221 e. The van der Waals surface area contributed by atoms with Gasteiger partial charge < -0.3 is 5.32 Å². The van der Waals surface area contributed by atoms with Crippen LogP contribution in [0.4, 0.5) is 0 Å². The topological polar surface area (TPSA) is 89.0 Å². The van der Waals surface area contributed by atoms with Gasteiger partial charge in [0.25, 0.3) is 0 Å². The summed E-state index contributed by atoms with van der Waals surface area (Å²) in [7, 11) is -3.55. The monoisotopic (exact) mass is 327 g/mol. The van der Waals surface area contributed by atoms with Crippen LogP contribution in [0, 0.1) is 0 Å². The number of rotatable bonds is 6. The Kier molecular flexibility index (Phi) is 4.89. The van der Waals surface area contributed by atoms with Crippen LogP contribution in [0.5, 0.6) is 0 Å². The molecule has 0 fully saturated rings. The summed E-state index contributed by atoms with van der Waals surface area (Å²) in [5.74, 6) is -0.483. The molecule has 114 valence electrons. The standard InChI is InChI=1S/C13H17N3O3S2/c1-3-9(2)14-12(17)7-8-21(18,19)11-6-4-5-10-13(11)16-20-15-10/h4-6,9H,3,7-8H2,1-2H3,(H,14,17). The third kappa shape index (κ3) is 3.76. The number of hydrogen-bond acceptors (Lipinski definition) is 6. The maximum absolute atomic E-state index is 12.4. The van der Waals surface area contributed by atoms with Gasteiger partial charge in [-0.3, -0.25) is 4.79 Å². The Morgan fingerprint density at radius 2 is 2.14 bits per heavy atom. The third-order valence-corrected chi connectivity index (χ3v) is 5.49. The summed E-state index contributed by atoms with van der Waals surface area (Å²) in [6.07, 6.45) is 0.753. The molecule has 0 radical (unpaired) electrons. The Hall–Kier alpha value is -1.54. The first kappa shape index (κ1) is 15.8. The quantitative estimate of drug-likeness (QED) is 0.873. The number of nitrogens with one attached hydrogen (secondary N) is 1. The number of fused-ring (bicyclic) bond motifs is 1. The van der Waals surface area contributed by atoms with Crippen molar-refractivity contribution in [3.05, 3.63) is 18.2 Å². The smallest absolute Gasteiger partial charge is 0.221 e. The molecule has 6 nitrogen and oxygen atoms in total. The molecule has 0 spiro atoms. The largest absolute Gasteiger partial charge is 0.354 e. The van der Waals surface area contributed by atoms with E-state index in [0.29, 0.717) is 11.0 Å². The zero-order valence-corrected chi connectivity index (χ0v) is 13.5. The minimum atomic E-state index is -3.55. The molecule has 0 bridgehead atoms. The lowest BCUT2D eigenvalue weighted by molar-refractivity contribution is -0.121. The Balaban J connectivity index is 2.12. The van der Waals surface area contributed by atoms with Gasteiger partial charge in [0.15, 0.2) is 9.84 Å². The summed E-state index contributed by atoms with van der Waals surface area (Å²) in [6.45, 7) is 3.84.